The van der Waals surface area contributed by atoms with Crippen LogP contribution < -0.4 is 4.72 Å². The number of sulfonamides is 1. The Balaban J connectivity index is 1.75. The van der Waals surface area contributed by atoms with E-state index in [0.717, 1.165) is 22.0 Å². The number of aromatic nitrogens is 1. The van der Waals surface area contributed by atoms with Crippen LogP contribution >= 0.6 is 0 Å². The Hall–Kier alpha value is -2.77. The van der Waals surface area contributed by atoms with Gasteiger partial charge in [0, 0.05) is 17.1 Å². The highest BCUT2D eigenvalue weighted by Crippen LogP contribution is 2.18. The van der Waals surface area contributed by atoms with Crippen molar-refractivity contribution in [1.29, 1.82) is 0 Å². The van der Waals surface area contributed by atoms with Gasteiger partial charge in [-0.25, -0.2) is 8.42 Å². The molecule has 1 heterocycles. The first-order chi connectivity index (χ1) is 13.8. The van der Waals surface area contributed by atoms with Crippen molar-refractivity contribution in [3.63, 3.8) is 0 Å². The molecule has 0 fully saturated rings. The molecule has 3 aromatic rings. The molecule has 0 saturated carbocycles. The van der Waals surface area contributed by atoms with Crippen LogP contribution in [0.15, 0.2) is 65.7 Å². The molecule has 152 valence electrons. The van der Waals surface area contributed by atoms with Gasteiger partial charge in [-0.2, -0.15) is 4.72 Å². The number of para-hydroxylation sites is 1. The molecule has 0 radical (unpaired) electrons. The fourth-order valence-corrected chi connectivity index (χ4v) is 4.26. The molecule has 0 aliphatic heterocycles. The number of rotatable bonds is 7. The molecule has 1 atom stereocenters. The fourth-order valence-electron chi connectivity index (χ4n) is 2.93. The van der Waals surface area contributed by atoms with E-state index in [4.69, 9.17) is 4.74 Å². The minimum absolute atomic E-state index is 0.0165. The van der Waals surface area contributed by atoms with Gasteiger partial charge in [-0.1, -0.05) is 55.8 Å². The normalized spacial score (nSPS) is 12.8. The Morgan fingerprint density at radius 1 is 1.07 bits per heavy atom. The van der Waals surface area contributed by atoms with Crippen LogP contribution in [0, 0.1) is 12.8 Å². The summed E-state index contributed by atoms with van der Waals surface area (Å²) in [5, 5.41) is 0.946. The SMILES string of the molecule is Cc1ccc(S(=O)(=O)N[C@H](C(=O)OCc2cccc3cccnc23)C(C)C)cc1. The lowest BCUT2D eigenvalue weighted by Crippen LogP contribution is -2.45. The average Bonchev–Trinajstić information content (AvgIpc) is 2.70. The smallest absolute Gasteiger partial charge is 0.324 e. The highest BCUT2D eigenvalue weighted by atomic mass is 32.2. The van der Waals surface area contributed by atoms with E-state index >= 15 is 0 Å². The van der Waals surface area contributed by atoms with Crippen LogP contribution in [-0.2, 0) is 26.2 Å². The number of ether oxygens (including phenoxy) is 1. The summed E-state index contributed by atoms with van der Waals surface area (Å²) in [7, 11) is -3.85. The van der Waals surface area contributed by atoms with Gasteiger partial charge in [-0.3, -0.25) is 9.78 Å². The molecule has 1 aromatic heterocycles. The summed E-state index contributed by atoms with van der Waals surface area (Å²) in [6, 6.07) is 14.9. The number of hydrogen-bond donors (Lipinski definition) is 1. The zero-order valence-corrected chi connectivity index (χ0v) is 17.4. The molecule has 0 spiro atoms. The van der Waals surface area contributed by atoms with Crippen LogP contribution in [0.5, 0.6) is 0 Å². The average molecular weight is 413 g/mol. The molecule has 0 aliphatic rings. The van der Waals surface area contributed by atoms with Crippen LogP contribution in [0.3, 0.4) is 0 Å². The van der Waals surface area contributed by atoms with Crippen molar-refractivity contribution >= 4 is 26.9 Å². The van der Waals surface area contributed by atoms with Gasteiger partial charge in [0.25, 0.3) is 0 Å². The van der Waals surface area contributed by atoms with E-state index in [2.05, 4.69) is 9.71 Å². The number of pyridine rings is 1. The lowest BCUT2D eigenvalue weighted by Gasteiger charge is -2.21. The van der Waals surface area contributed by atoms with E-state index in [9.17, 15) is 13.2 Å². The molecule has 0 amide bonds. The summed E-state index contributed by atoms with van der Waals surface area (Å²) in [6.07, 6.45) is 1.68. The van der Waals surface area contributed by atoms with Gasteiger partial charge >= 0.3 is 5.97 Å². The highest BCUT2D eigenvalue weighted by Gasteiger charge is 2.29. The van der Waals surface area contributed by atoms with Crippen molar-refractivity contribution in [2.24, 2.45) is 5.92 Å². The zero-order valence-electron chi connectivity index (χ0n) is 16.6. The van der Waals surface area contributed by atoms with Crippen molar-refractivity contribution in [2.75, 3.05) is 0 Å². The molecule has 29 heavy (non-hydrogen) atoms. The van der Waals surface area contributed by atoms with E-state index < -0.39 is 22.0 Å². The molecule has 2 aromatic carbocycles. The molecule has 6 nitrogen and oxygen atoms in total. The fraction of sp³-hybridized carbons (Fsp3) is 0.273. The van der Waals surface area contributed by atoms with Crippen LogP contribution in [0.25, 0.3) is 10.9 Å². The third-order valence-electron chi connectivity index (χ3n) is 4.62. The van der Waals surface area contributed by atoms with Gasteiger partial charge in [-0.05, 0) is 31.0 Å². The second-order valence-corrected chi connectivity index (χ2v) is 8.97. The Bertz CT molecular complexity index is 1100. The first kappa shape index (κ1) is 21.0. The molecule has 0 unspecified atom stereocenters. The van der Waals surface area contributed by atoms with Gasteiger partial charge < -0.3 is 4.74 Å². The number of esters is 1. The minimum Gasteiger partial charge on any atom is -0.460 e. The minimum atomic E-state index is -3.85. The summed E-state index contributed by atoms with van der Waals surface area (Å²) >= 11 is 0. The number of hydrogen-bond acceptors (Lipinski definition) is 5. The first-order valence-corrected chi connectivity index (χ1v) is 10.8. The monoisotopic (exact) mass is 412 g/mol. The molecule has 0 aliphatic carbocycles. The molecular formula is C22H24N2O4S. The van der Waals surface area contributed by atoms with Crippen molar-refractivity contribution in [3.05, 3.63) is 71.9 Å². The lowest BCUT2D eigenvalue weighted by molar-refractivity contribution is -0.148. The molecule has 3 rings (SSSR count). The molecule has 1 N–H and O–H groups in total. The van der Waals surface area contributed by atoms with Crippen molar-refractivity contribution in [2.45, 2.75) is 38.3 Å². The number of carbonyl (C=O) groups excluding carboxylic acids is 1. The number of fused-ring (bicyclic) bond motifs is 1. The third kappa shape index (κ3) is 4.99. The summed E-state index contributed by atoms with van der Waals surface area (Å²) < 4.78 is 33.3. The zero-order chi connectivity index (χ0) is 21.0. The number of carbonyl (C=O) groups is 1. The molecule has 0 saturated heterocycles. The van der Waals surface area contributed by atoms with Gasteiger partial charge in [-0.15, -0.1) is 0 Å². The summed E-state index contributed by atoms with van der Waals surface area (Å²) in [4.78, 5) is 17.1. The number of aryl methyl sites for hydroxylation is 1. The van der Waals surface area contributed by atoms with E-state index in [1.165, 1.54) is 12.1 Å². The quantitative estimate of drug-likeness (QED) is 0.600. The van der Waals surface area contributed by atoms with Crippen LogP contribution in [0.1, 0.15) is 25.0 Å². The molecule has 7 heteroatoms. The number of nitrogens with one attached hydrogen (secondary N) is 1. The predicted molar refractivity (Wildman–Crippen MR) is 112 cm³/mol. The standard InChI is InChI=1S/C22H24N2O4S/c1-15(2)20(24-29(26,27)19-11-9-16(3)10-12-19)22(25)28-14-18-7-4-6-17-8-5-13-23-21(17)18/h4-13,15,20,24H,14H2,1-3H3/t20-/m0/s1. The van der Waals surface area contributed by atoms with Gasteiger partial charge in [0.1, 0.15) is 12.6 Å². The van der Waals surface area contributed by atoms with E-state index in [1.54, 1.807) is 32.2 Å². The predicted octanol–water partition coefficient (Wildman–Crippen LogP) is 3.59. The molecular weight excluding hydrogens is 388 g/mol. The maximum atomic E-state index is 12.7. The van der Waals surface area contributed by atoms with Crippen LogP contribution in [0.4, 0.5) is 0 Å². The van der Waals surface area contributed by atoms with Gasteiger partial charge in [0.05, 0.1) is 10.4 Å². The topological polar surface area (TPSA) is 85.4 Å². The van der Waals surface area contributed by atoms with Crippen molar-refractivity contribution in [3.8, 4) is 0 Å². The van der Waals surface area contributed by atoms with E-state index in [0.29, 0.717) is 0 Å². The summed E-state index contributed by atoms with van der Waals surface area (Å²) in [5.41, 5.74) is 2.47. The Labute approximate surface area is 171 Å². The maximum absolute atomic E-state index is 12.7. The van der Waals surface area contributed by atoms with E-state index in [1.807, 2.05) is 37.3 Å². The maximum Gasteiger partial charge on any atom is 0.324 e. The summed E-state index contributed by atoms with van der Waals surface area (Å²) in [5.74, 6) is -0.906. The van der Waals surface area contributed by atoms with Crippen LogP contribution in [-0.4, -0.2) is 25.4 Å². The Morgan fingerprint density at radius 3 is 2.45 bits per heavy atom. The number of benzene rings is 2. The van der Waals surface area contributed by atoms with Crippen LogP contribution in [0.2, 0.25) is 0 Å². The van der Waals surface area contributed by atoms with Crippen molar-refractivity contribution < 1.29 is 17.9 Å². The second kappa shape index (κ2) is 8.71. The second-order valence-electron chi connectivity index (χ2n) is 7.26. The number of nitrogens with zero attached hydrogens (tertiary/aromatic N) is 1. The van der Waals surface area contributed by atoms with Gasteiger partial charge in [0.2, 0.25) is 10.0 Å². The third-order valence-corrected chi connectivity index (χ3v) is 6.08. The van der Waals surface area contributed by atoms with Gasteiger partial charge in [0.15, 0.2) is 0 Å². The Kier molecular flexibility index (Phi) is 6.30. The lowest BCUT2D eigenvalue weighted by atomic mass is 10.1. The largest absolute Gasteiger partial charge is 0.460 e. The van der Waals surface area contributed by atoms with E-state index in [-0.39, 0.29) is 17.4 Å². The van der Waals surface area contributed by atoms with Crippen molar-refractivity contribution in [1.82, 2.24) is 9.71 Å². The first-order valence-electron chi connectivity index (χ1n) is 9.36. The Morgan fingerprint density at radius 2 is 1.76 bits per heavy atom. The summed E-state index contributed by atoms with van der Waals surface area (Å²) in [6.45, 7) is 5.43. The highest BCUT2D eigenvalue weighted by molar-refractivity contribution is 7.89. The molecule has 0 bridgehead atoms.